The van der Waals surface area contributed by atoms with E-state index in [2.05, 4.69) is 9.97 Å². The zero-order valence-electron chi connectivity index (χ0n) is 9.08. The van der Waals surface area contributed by atoms with E-state index >= 15 is 0 Å². The van der Waals surface area contributed by atoms with Gasteiger partial charge in [-0.1, -0.05) is 6.07 Å². The largest absolute Gasteiger partial charge is 0.481 e. The van der Waals surface area contributed by atoms with Gasteiger partial charge < -0.3 is 5.11 Å². The number of rotatable bonds is 4. The molecule has 0 radical (unpaired) electrons. The monoisotopic (exact) mass is 266 g/mol. The van der Waals surface area contributed by atoms with Crippen LogP contribution >= 0.6 is 23.1 Å². The van der Waals surface area contributed by atoms with Crippen molar-refractivity contribution < 1.29 is 9.90 Å². The minimum atomic E-state index is -0.860. The van der Waals surface area contributed by atoms with E-state index in [1.807, 2.05) is 19.1 Å². The van der Waals surface area contributed by atoms with Crippen molar-refractivity contribution in [1.29, 1.82) is 0 Å². The Labute approximate surface area is 107 Å². The SMILES string of the molecule is Cc1cccnc1Sc1nc(CC(=O)O)cs1. The predicted octanol–water partition coefficient (Wildman–Crippen LogP) is 2.62. The van der Waals surface area contributed by atoms with E-state index < -0.39 is 5.97 Å². The van der Waals surface area contributed by atoms with Crippen LogP contribution in [0.25, 0.3) is 0 Å². The molecule has 0 unspecified atom stereocenters. The minimum Gasteiger partial charge on any atom is -0.481 e. The van der Waals surface area contributed by atoms with Crippen LogP contribution in [0.5, 0.6) is 0 Å². The molecular weight excluding hydrogens is 256 g/mol. The summed E-state index contributed by atoms with van der Waals surface area (Å²) >= 11 is 2.91. The number of thiazole rings is 1. The number of pyridine rings is 1. The van der Waals surface area contributed by atoms with Gasteiger partial charge in [0, 0.05) is 11.6 Å². The average Bonchev–Trinajstić information content (AvgIpc) is 2.68. The van der Waals surface area contributed by atoms with Crippen LogP contribution in [0.15, 0.2) is 33.1 Å². The Hall–Kier alpha value is -1.40. The molecular formula is C11H10N2O2S2. The highest BCUT2D eigenvalue weighted by molar-refractivity contribution is 8.01. The Morgan fingerprint density at radius 2 is 2.41 bits per heavy atom. The molecule has 2 rings (SSSR count). The van der Waals surface area contributed by atoms with Crippen molar-refractivity contribution in [3.8, 4) is 0 Å². The molecule has 2 aromatic rings. The van der Waals surface area contributed by atoms with Crippen molar-refractivity contribution in [3.63, 3.8) is 0 Å². The van der Waals surface area contributed by atoms with E-state index in [0.717, 1.165) is 14.9 Å². The third kappa shape index (κ3) is 3.28. The molecule has 0 saturated carbocycles. The van der Waals surface area contributed by atoms with Gasteiger partial charge in [0.2, 0.25) is 0 Å². The van der Waals surface area contributed by atoms with Crippen LogP contribution in [0.3, 0.4) is 0 Å². The second kappa shape index (κ2) is 5.29. The first kappa shape index (κ1) is 12.1. The Morgan fingerprint density at radius 1 is 1.59 bits per heavy atom. The smallest absolute Gasteiger partial charge is 0.309 e. The lowest BCUT2D eigenvalue weighted by Crippen LogP contribution is -1.99. The van der Waals surface area contributed by atoms with Gasteiger partial charge in [-0.25, -0.2) is 9.97 Å². The Morgan fingerprint density at radius 3 is 3.12 bits per heavy atom. The number of hydrogen-bond acceptors (Lipinski definition) is 5. The van der Waals surface area contributed by atoms with E-state index in [1.165, 1.54) is 23.1 Å². The van der Waals surface area contributed by atoms with Gasteiger partial charge in [-0.2, -0.15) is 0 Å². The fourth-order valence-electron chi connectivity index (χ4n) is 1.23. The Balaban J connectivity index is 2.12. The molecule has 0 saturated heterocycles. The lowest BCUT2D eigenvalue weighted by Gasteiger charge is -1.99. The summed E-state index contributed by atoms with van der Waals surface area (Å²) in [6, 6.07) is 3.87. The molecule has 0 aliphatic carbocycles. The van der Waals surface area contributed by atoms with Crippen LogP contribution in [0, 0.1) is 6.92 Å². The molecule has 0 atom stereocenters. The fraction of sp³-hybridized carbons (Fsp3) is 0.182. The molecule has 0 aromatic carbocycles. The van der Waals surface area contributed by atoms with Gasteiger partial charge in [-0.15, -0.1) is 11.3 Å². The maximum absolute atomic E-state index is 10.5. The van der Waals surface area contributed by atoms with E-state index in [-0.39, 0.29) is 6.42 Å². The summed E-state index contributed by atoms with van der Waals surface area (Å²) in [7, 11) is 0. The first-order valence-electron chi connectivity index (χ1n) is 4.91. The second-order valence-corrected chi connectivity index (χ2v) is 5.50. The molecule has 2 heterocycles. The number of carboxylic acid groups (broad SMARTS) is 1. The van der Waals surface area contributed by atoms with E-state index in [9.17, 15) is 4.79 Å². The van der Waals surface area contributed by atoms with Crippen LogP contribution in [0.1, 0.15) is 11.3 Å². The summed E-state index contributed by atoms with van der Waals surface area (Å²) in [6.45, 7) is 1.99. The normalized spacial score (nSPS) is 10.4. The number of aryl methyl sites for hydroxylation is 1. The minimum absolute atomic E-state index is 0.0295. The molecule has 0 spiro atoms. The van der Waals surface area contributed by atoms with Gasteiger partial charge in [0.05, 0.1) is 12.1 Å². The predicted molar refractivity (Wildman–Crippen MR) is 66.6 cm³/mol. The van der Waals surface area contributed by atoms with Crippen LogP contribution in [-0.4, -0.2) is 21.0 Å². The standard InChI is InChI=1S/C11H10N2O2S2/c1-7-3-2-4-12-10(7)17-11-13-8(6-16-11)5-9(14)15/h2-4,6H,5H2,1H3,(H,14,15). The van der Waals surface area contributed by atoms with Gasteiger partial charge in [0.1, 0.15) is 5.03 Å². The molecule has 0 bridgehead atoms. The third-order valence-electron chi connectivity index (χ3n) is 2.01. The molecule has 0 aliphatic heterocycles. The van der Waals surface area contributed by atoms with Gasteiger partial charge in [-0.3, -0.25) is 4.79 Å². The summed E-state index contributed by atoms with van der Waals surface area (Å²) in [5.74, 6) is -0.860. The van der Waals surface area contributed by atoms with Gasteiger partial charge in [0.15, 0.2) is 4.34 Å². The number of nitrogens with zero attached hydrogens (tertiary/aromatic N) is 2. The van der Waals surface area contributed by atoms with Crippen LogP contribution in [-0.2, 0) is 11.2 Å². The second-order valence-electron chi connectivity index (χ2n) is 3.40. The van der Waals surface area contributed by atoms with Gasteiger partial charge in [0.25, 0.3) is 0 Å². The summed E-state index contributed by atoms with van der Waals surface area (Å²) in [6.07, 6.45) is 1.71. The zero-order valence-corrected chi connectivity index (χ0v) is 10.7. The molecule has 1 N–H and O–H groups in total. The lowest BCUT2D eigenvalue weighted by molar-refractivity contribution is -0.136. The van der Waals surface area contributed by atoms with Gasteiger partial charge in [-0.05, 0) is 30.3 Å². The van der Waals surface area contributed by atoms with Crippen molar-refractivity contribution >= 4 is 29.1 Å². The highest BCUT2D eigenvalue weighted by atomic mass is 32.2. The maximum atomic E-state index is 10.5. The van der Waals surface area contributed by atoms with Crippen LogP contribution in [0.4, 0.5) is 0 Å². The first-order valence-corrected chi connectivity index (χ1v) is 6.60. The van der Waals surface area contributed by atoms with E-state index in [1.54, 1.807) is 11.6 Å². The third-order valence-corrected chi connectivity index (χ3v) is 4.12. The van der Waals surface area contributed by atoms with E-state index in [4.69, 9.17) is 5.11 Å². The van der Waals surface area contributed by atoms with Crippen molar-refractivity contribution in [1.82, 2.24) is 9.97 Å². The zero-order chi connectivity index (χ0) is 12.3. The number of carbonyl (C=O) groups is 1. The number of carboxylic acids is 1. The topological polar surface area (TPSA) is 63.1 Å². The van der Waals surface area contributed by atoms with Crippen molar-refractivity contribution in [2.75, 3.05) is 0 Å². The van der Waals surface area contributed by atoms with Crippen molar-refractivity contribution in [2.45, 2.75) is 22.7 Å². The highest BCUT2D eigenvalue weighted by Crippen LogP contribution is 2.30. The van der Waals surface area contributed by atoms with E-state index in [0.29, 0.717) is 5.69 Å². The summed E-state index contributed by atoms with van der Waals surface area (Å²) in [5.41, 5.74) is 1.69. The molecule has 0 amide bonds. The summed E-state index contributed by atoms with van der Waals surface area (Å²) < 4.78 is 0.822. The number of aliphatic carboxylic acids is 1. The quantitative estimate of drug-likeness (QED) is 0.921. The lowest BCUT2D eigenvalue weighted by atomic mass is 10.3. The Bertz CT molecular complexity index is 540. The summed E-state index contributed by atoms with van der Waals surface area (Å²) in [5, 5.41) is 11.3. The molecule has 88 valence electrons. The number of hydrogen-bond donors (Lipinski definition) is 1. The molecule has 0 fully saturated rings. The summed E-state index contributed by atoms with van der Waals surface area (Å²) in [4.78, 5) is 19.0. The first-order chi connectivity index (χ1) is 8.15. The van der Waals surface area contributed by atoms with Crippen molar-refractivity contribution in [2.24, 2.45) is 0 Å². The molecule has 2 aromatic heterocycles. The highest BCUT2D eigenvalue weighted by Gasteiger charge is 2.09. The maximum Gasteiger partial charge on any atom is 0.309 e. The molecule has 6 heteroatoms. The molecule has 0 aliphatic rings. The van der Waals surface area contributed by atoms with Gasteiger partial charge >= 0.3 is 5.97 Å². The van der Waals surface area contributed by atoms with Crippen LogP contribution in [0.2, 0.25) is 0 Å². The molecule has 4 nitrogen and oxygen atoms in total. The number of aromatic nitrogens is 2. The van der Waals surface area contributed by atoms with Crippen LogP contribution < -0.4 is 0 Å². The Kier molecular flexibility index (Phi) is 3.75. The fourth-order valence-corrected chi connectivity index (χ4v) is 3.02. The molecule has 17 heavy (non-hydrogen) atoms. The van der Waals surface area contributed by atoms with Crippen molar-refractivity contribution in [3.05, 3.63) is 35.0 Å². The average molecular weight is 266 g/mol.